The second-order valence-electron chi connectivity index (χ2n) is 15.1. The molecular weight excluding hydrogens is 478 g/mol. The van der Waals surface area contributed by atoms with Crippen LogP contribution in [0.1, 0.15) is 97.8 Å². The third-order valence-corrected chi connectivity index (χ3v) is 12.9. The first kappa shape index (κ1) is 26.0. The number of carbonyl (C=O) groups is 3. The first-order valence-corrected chi connectivity index (χ1v) is 14.5. The zero-order chi connectivity index (χ0) is 27.5. The molecule has 0 radical (unpaired) electrons. The average molecular weight is 522 g/mol. The number of hydrogen-bond donors (Lipinski definition) is 0. The highest BCUT2D eigenvalue weighted by Crippen LogP contribution is 2.74. The van der Waals surface area contributed by atoms with Crippen molar-refractivity contribution in [1.29, 1.82) is 0 Å². The van der Waals surface area contributed by atoms with Gasteiger partial charge in [-0.05, 0) is 97.9 Å². The smallest absolute Gasteiger partial charge is 0.312 e. The lowest BCUT2D eigenvalue weighted by Gasteiger charge is -2.69. The molecule has 0 amide bonds. The zero-order valence-corrected chi connectivity index (χ0v) is 24.1. The number of esters is 1. The van der Waals surface area contributed by atoms with Gasteiger partial charge >= 0.3 is 5.97 Å². The van der Waals surface area contributed by atoms with Gasteiger partial charge in [0.05, 0.1) is 24.1 Å². The molecule has 0 aromatic carbocycles. The van der Waals surface area contributed by atoms with Crippen LogP contribution in [0, 0.1) is 44.8 Å². The summed E-state index contributed by atoms with van der Waals surface area (Å²) >= 11 is 0. The second-order valence-corrected chi connectivity index (χ2v) is 15.1. The van der Waals surface area contributed by atoms with E-state index in [1.807, 2.05) is 13.0 Å². The van der Waals surface area contributed by atoms with E-state index in [4.69, 9.17) is 9.26 Å². The zero-order valence-electron chi connectivity index (χ0n) is 24.1. The predicted molar refractivity (Wildman–Crippen MR) is 142 cm³/mol. The summed E-state index contributed by atoms with van der Waals surface area (Å²) < 4.78 is 11.1. The fourth-order valence-corrected chi connectivity index (χ4v) is 10.7. The van der Waals surface area contributed by atoms with Gasteiger partial charge in [-0.25, -0.2) is 0 Å². The van der Waals surface area contributed by atoms with Gasteiger partial charge in [-0.1, -0.05) is 45.3 Å². The van der Waals surface area contributed by atoms with Crippen LogP contribution in [0.25, 0.3) is 0 Å². The molecule has 38 heavy (non-hydrogen) atoms. The number of methoxy groups -OCH3 is 1. The van der Waals surface area contributed by atoms with Crippen LogP contribution < -0.4 is 0 Å². The van der Waals surface area contributed by atoms with Gasteiger partial charge in [-0.15, -0.1) is 0 Å². The minimum Gasteiger partial charge on any atom is -0.469 e. The summed E-state index contributed by atoms with van der Waals surface area (Å²) in [5, 5.41) is 4.08. The number of allylic oxidation sites excluding steroid dienone is 2. The maximum Gasteiger partial charge on any atom is 0.312 e. The van der Waals surface area contributed by atoms with E-state index in [9.17, 15) is 14.4 Å². The van der Waals surface area contributed by atoms with Crippen molar-refractivity contribution in [2.24, 2.45) is 44.8 Å². The van der Waals surface area contributed by atoms with Crippen molar-refractivity contribution in [3.05, 3.63) is 29.2 Å². The first-order valence-electron chi connectivity index (χ1n) is 14.5. The van der Waals surface area contributed by atoms with Crippen LogP contribution >= 0.6 is 0 Å². The monoisotopic (exact) mass is 521 g/mol. The number of nitrogens with zero attached hydrogens (tertiary/aromatic N) is 1. The maximum atomic E-state index is 14.5. The fourth-order valence-electron chi connectivity index (χ4n) is 10.7. The third kappa shape index (κ3) is 2.90. The Kier molecular flexibility index (Phi) is 5.27. The van der Waals surface area contributed by atoms with Crippen LogP contribution in [0.15, 0.2) is 22.4 Å². The Hall–Kier alpha value is -2.24. The number of rotatable bonds is 2. The summed E-state index contributed by atoms with van der Waals surface area (Å²) in [5.74, 6) is 0.526. The number of ether oxygens (including phenoxy) is 1. The first-order chi connectivity index (χ1) is 17.7. The SMILES string of the molecule is COC(=O)[C@]12CCC(C)(C)C[C@H]1[C@H]1C(=O)C=C3[C@@]4(C)Cc5cnoc5[C@](C)(C=O)C4CC[C@@]3(C)[C@]1(C)CC2. The molecule has 3 fully saturated rings. The number of ketones is 1. The van der Waals surface area contributed by atoms with Crippen molar-refractivity contribution < 1.29 is 23.6 Å². The van der Waals surface area contributed by atoms with E-state index in [1.165, 1.54) is 12.7 Å². The van der Waals surface area contributed by atoms with Crippen LogP contribution in [0.5, 0.6) is 0 Å². The molecule has 5 aliphatic carbocycles. The molecule has 1 unspecified atom stereocenters. The van der Waals surface area contributed by atoms with E-state index in [1.54, 1.807) is 6.20 Å². The quantitative estimate of drug-likeness (QED) is 0.349. The normalized spacial score (nSPS) is 46.9. The molecule has 206 valence electrons. The molecule has 6 nitrogen and oxygen atoms in total. The van der Waals surface area contributed by atoms with Crippen LogP contribution in [0.4, 0.5) is 0 Å². The van der Waals surface area contributed by atoms with Gasteiger partial charge in [-0.3, -0.25) is 9.59 Å². The Morgan fingerprint density at radius 3 is 2.47 bits per heavy atom. The topological polar surface area (TPSA) is 86.5 Å². The highest BCUT2D eigenvalue weighted by Gasteiger charge is 2.71. The van der Waals surface area contributed by atoms with Gasteiger partial charge in [0.15, 0.2) is 11.5 Å². The maximum absolute atomic E-state index is 14.5. The van der Waals surface area contributed by atoms with Gasteiger partial charge in [-0.2, -0.15) is 0 Å². The van der Waals surface area contributed by atoms with Crippen LogP contribution in [-0.4, -0.2) is 30.3 Å². The molecule has 1 aromatic rings. The van der Waals surface area contributed by atoms with Crippen molar-refractivity contribution in [3.8, 4) is 0 Å². The summed E-state index contributed by atoms with van der Waals surface area (Å²) in [4.78, 5) is 40.5. The van der Waals surface area contributed by atoms with Crippen LogP contribution in [-0.2, 0) is 31.0 Å². The Labute approximate surface area is 226 Å². The number of aromatic nitrogens is 1. The van der Waals surface area contributed by atoms with E-state index in [-0.39, 0.29) is 51.2 Å². The molecule has 1 heterocycles. The standard InChI is InChI=1S/C32H43NO5/c1-27(2)10-12-32(26(36)37-7)13-11-31(6)24(20(32)16-27)21(35)14-23-28(3)15-19-17-33-38-25(19)29(4,18-34)22(28)8-9-30(23,31)5/h14,17-18,20,22,24H,8-13,15-16H2,1-7H3/t20-,22?,24-,28-,29+,30+,31+,32-/m0/s1. The van der Waals surface area contributed by atoms with E-state index in [0.29, 0.717) is 5.76 Å². The average Bonchev–Trinajstić information content (AvgIpc) is 3.33. The lowest BCUT2D eigenvalue weighted by Crippen LogP contribution is -2.66. The highest BCUT2D eigenvalue weighted by atomic mass is 16.5. The molecule has 0 saturated heterocycles. The van der Waals surface area contributed by atoms with Gasteiger partial charge in [0, 0.05) is 11.5 Å². The molecule has 6 rings (SSSR count). The molecule has 1 aromatic heterocycles. The molecule has 0 N–H and O–H groups in total. The number of aldehydes is 1. The summed E-state index contributed by atoms with van der Waals surface area (Å²) in [6.45, 7) is 13.5. The lowest BCUT2D eigenvalue weighted by molar-refractivity contribution is -0.191. The summed E-state index contributed by atoms with van der Waals surface area (Å²) in [7, 11) is 1.50. The Bertz CT molecular complexity index is 1260. The van der Waals surface area contributed by atoms with E-state index in [2.05, 4.69) is 39.8 Å². The molecule has 0 bridgehead atoms. The predicted octanol–water partition coefficient (Wildman–Crippen LogP) is 6.02. The number of carbonyl (C=O) groups excluding carboxylic acids is 3. The largest absolute Gasteiger partial charge is 0.469 e. The van der Waals surface area contributed by atoms with Crippen molar-refractivity contribution in [2.45, 2.75) is 98.3 Å². The van der Waals surface area contributed by atoms with Crippen LogP contribution in [0.2, 0.25) is 0 Å². The lowest BCUT2D eigenvalue weighted by atomic mass is 9.34. The molecule has 3 saturated carbocycles. The van der Waals surface area contributed by atoms with Gasteiger partial charge in [0.1, 0.15) is 6.29 Å². The molecule has 0 aliphatic heterocycles. The molecule has 5 aliphatic rings. The Balaban J connectivity index is 1.52. The number of hydrogen-bond acceptors (Lipinski definition) is 6. The second kappa shape index (κ2) is 7.69. The van der Waals surface area contributed by atoms with E-state index < -0.39 is 10.8 Å². The highest BCUT2D eigenvalue weighted by molar-refractivity contribution is 5.96. The fraction of sp³-hybridized carbons (Fsp3) is 0.750. The Morgan fingerprint density at radius 2 is 1.79 bits per heavy atom. The van der Waals surface area contributed by atoms with Crippen molar-refractivity contribution in [1.82, 2.24) is 5.16 Å². The minimum absolute atomic E-state index is 0.0265. The molecule has 6 heteroatoms. The minimum atomic E-state index is -0.776. The molecule has 8 atom stereocenters. The van der Waals surface area contributed by atoms with E-state index >= 15 is 0 Å². The van der Waals surface area contributed by atoms with E-state index in [0.717, 1.165) is 63.2 Å². The van der Waals surface area contributed by atoms with Gasteiger partial charge in [0.25, 0.3) is 0 Å². The van der Waals surface area contributed by atoms with Crippen molar-refractivity contribution in [2.75, 3.05) is 7.11 Å². The number of fused-ring (bicyclic) bond motifs is 8. The van der Waals surface area contributed by atoms with Crippen molar-refractivity contribution >= 4 is 18.0 Å². The molecular formula is C32H43NO5. The summed E-state index contributed by atoms with van der Waals surface area (Å²) in [6, 6.07) is 0. The van der Waals surface area contributed by atoms with Crippen LogP contribution in [0.3, 0.4) is 0 Å². The van der Waals surface area contributed by atoms with Gasteiger partial charge in [0.2, 0.25) is 0 Å². The van der Waals surface area contributed by atoms with Crippen molar-refractivity contribution in [3.63, 3.8) is 0 Å². The van der Waals surface area contributed by atoms with Gasteiger partial charge < -0.3 is 14.1 Å². The summed E-state index contributed by atoms with van der Waals surface area (Å²) in [5.41, 5.74) is 0.0650. The third-order valence-electron chi connectivity index (χ3n) is 12.9. The summed E-state index contributed by atoms with van der Waals surface area (Å²) in [6.07, 6.45) is 11.5. The Morgan fingerprint density at radius 1 is 1.08 bits per heavy atom. The molecule has 0 spiro atoms.